The van der Waals surface area contributed by atoms with E-state index in [0.717, 1.165) is 13.1 Å². The molecule has 0 radical (unpaired) electrons. The molecule has 10 heavy (non-hydrogen) atoms. The van der Waals surface area contributed by atoms with E-state index in [1.807, 2.05) is 19.1 Å². The molecule has 3 heteroatoms. The average molecular weight is 143 g/mol. The lowest BCUT2D eigenvalue weighted by Crippen LogP contribution is -2.45. The van der Waals surface area contributed by atoms with Crippen LogP contribution in [0.5, 0.6) is 0 Å². The Labute approximate surface area is 62.8 Å². The van der Waals surface area contributed by atoms with E-state index >= 15 is 0 Å². The number of nitrogens with one attached hydrogen (secondary N) is 2. The molecule has 0 spiro atoms. The molecule has 0 aromatic rings. The largest absolute Gasteiger partial charge is 0.317 e. The molecular weight excluding hydrogens is 126 g/mol. The SMILES string of the molecule is CN(C)NC1CCNCC1. The highest BCUT2D eigenvalue weighted by Gasteiger charge is 2.11. The summed E-state index contributed by atoms with van der Waals surface area (Å²) < 4.78 is 0. The van der Waals surface area contributed by atoms with E-state index in [-0.39, 0.29) is 0 Å². The van der Waals surface area contributed by atoms with Crippen molar-refractivity contribution in [3.63, 3.8) is 0 Å². The lowest BCUT2D eigenvalue weighted by molar-refractivity contribution is 0.213. The van der Waals surface area contributed by atoms with Crippen LogP contribution in [0, 0.1) is 0 Å². The van der Waals surface area contributed by atoms with Gasteiger partial charge in [-0.1, -0.05) is 0 Å². The van der Waals surface area contributed by atoms with Gasteiger partial charge in [0.05, 0.1) is 0 Å². The topological polar surface area (TPSA) is 27.3 Å². The van der Waals surface area contributed by atoms with Crippen LogP contribution in [0.4, 0.5) is 0 Å². The Kier molecular flexibility index (Phi) is 3.12. The minimum atomic E-state index is 0.691. The molecule has 1 rings (SSSR count). The summed E-state index contributed by atoms with van der Waals surface area (Å²) >= 11 is 0. The van der Waals surface area contributed by atoms with Crippen molar-refractivity contribution in [2.75, 3.05) is 27.2 Å². The third-order valence-electron chi connectivity index (χ3n) is 1.78. The van der Waals surface area contributed by atoms with Gasteiger partial charge in [0.2, 0.25) is 0 Å². The zero-order valence-corrected chi connectivity index (χ0v) is 6.85. The van der Waals surface area contributed by atoms with E-state index in [2.05, 4.69) is 10.7 Å². The summed E-state index contributed by atoms with van der Waals surface area (Å²) in [7, 11) is 4.09. The second-order valence-corrected chi connectivity index (χ2v) is 3.05. The number of hydrogen-bond acceptors (Lipinski definition) is 3. The van der Waals surface area contributed by atoms with E-state index in [1.165, 1.54) is 12.8 Å². The Bertz CT molecular complexity index is 86.9. The van der Waals surface area contributed by atoms with Gasteiger partial charge in [-0.3, -0.25) is 10.4 Å². The highest BCUT2D eigenvalue weighted by molar-refractivity contribution is 4.72. The van der Waals surface area contributed by atoms with Gasteiger partial charge in [-0.25, -0.2) is 0 Å². The van der Waals surface area contributed by atoms with Gasteiger partial charge in [0.1, 0.15) is 0 Å². The van der Waals surface area contributed by atoms with Gasteiger partial charge in [0.25, 0.3) is 0 Å². The summed E-state index contributed by atoms with van der Waals surface area (Å²) in [6.45, 7) is 2.32. The number of hydrazine groups is 1. The predicted octanol–water partition coefficient (Wildman–Crippen LogP) is -0.195. The van der Waals surface area contributed by atoms with Gasteiger partial charge in [0.15, 0.2) is 0 Å². The van der Waals surface area contributed by atoms with Gasteiger partial charge in [-0.15, -0.1) is 0 Å². The Balaban J connectivity index is 2.13. The van der Waals surface area contributed by atoms with Gasteiger partial charge in [0, 0.05) is 20.1 Å². The summed E-state index contributed by atoms with van der Waals surface area (Å²) in [6.07, 6.45) is 2.50. The van der Waals surface area contributed by atoms with Gasteiger partial charge in [-0.05, 0) is 25.9 Å². The van der Waals surface area contributed by atoms with Crippen molar-refractivity contribution in [1.82, 2.24) is 15.8 Å². The second-order valence-electron chi connectivity index (χ2n) is 3.05. The third kappa shape index (κ3) is 2.64. The van der Waals surface area contributed by atoms with Crippen LogP contribution in [0.1, 0.15) is 12.8 Å². The molecule has 0 atom stereocenters. The third-order valence-corrected chi connectivity index (χ3v) is 1.78. The molecule has 1 aliphatic heterocycles. The minimum Gasteiger partial charge on any atom is -0.317 e. The van der Waals surface area contributed by atoms with Crippen molar-refractivity contribution in [2.24, 2.45) is 0 Å². The Morgan fingerprint density at radius 1 is 1.30 bits per heavy atom. The molecule has 0 unspecified atom stereocenters. The van der Waals surface area contributed by atoms with Crippen LogP contribution in [0.2, 0.25) is 0 Å². The first kappa shape index (κ1) is 7.98. The maximum Gasteiger partial charge on any atom is 0.0239 e. The molecule has 0 aromatic carbocycles. The molecule has 3 nitrogen and oxygen atoms in total. The van der Waals surface area contributed by atoms with Gasteiger partial charge < -0.3 is 5.32 Å². The van der Waals surface area contributed by atoms with Crippen LogP contribution in [0.25, 0.3) is 0 Å². The highest BCUT2D eigenvalue weighted by atomic mass is 15.5. The maximum atomic E-state index is 3.38. The van der Waals surface area contributed by atoms with Crippen molar-refractivity contribution < 1.29 is 0 Å². The van der Waals surface area contributed by atoms with E-state index in [9.17, 15) is 0 Å². The Morgan fingerprint density at radius 2 is 1.90 bits per heavy atom. The van der Waals surface area contributed by atoms with Crippen molar-refractivity contribution in [3.8, 4) is 0 Å². The summed E-state index contributed by atoms with van der Waals surface area (Å²) in [5, 5.41) is 5.37. The average Bonchev–Trinajstić information content (AvgIpc) is 1.88. The molecule has 1 saturated heterocycles. The first-order valence-electron chi connectivity index (χ1n) is 3.93. The molecule has 1 aliphatic rings. The summed E-state index contributed by atoms with van der Waals surface area (Å²) in [6, 6.07) is 0.691. The molecule has 0 bridgehead atoms. The van der Waals surface area contributed by atoms with Crippen LogP contribution >= 0.6 is 0 Å². The van der Waals surface area contributed by atoms with Gasteiger partial charge in [-0.2, -0.15) is 0 Å². The van der Waals surface area contributed by atoms with E-state index < -0.39 is 0 Å². The van der Waals surface area contributed by atoms with Crippen molar-refractivity contribution in [1.29, 1.82) is 0 Å². The van der Waals surface area contributed by atoms with Crippen LogP contribution in [0.15, 0.2) is 0 Å². The van der Waals surface area contributed by atoms with Crippen LogP contribution in [0.3, 0.4) is 0 Å². The smallest absolute Gasteiger partial charge is 0.0239 e. The summed E-state index contributed by atoms with van der Waals surface area (Å²) in [4.78, 5) is 0. The first-order chi connectivity index (χ1) is 4.79. The quantitative estimate of drug-likeness (QED) is 0.524. The highest BCUT2D eigenvalue weighted by Crippen LogP contribution is 2.00. The van der Waals surface area contributed by atoms with Gasteiger partial charge >= 0.3 is 0 Å². The van der Waals surface area contributed by atoms with Crippen molar-refractivity contribution in [2.45, 2.75) is 18.9 Å². The van der Waals surface area contributed by atoms with E-state index in [0.29, 0.717) is 6.04 Å². The fraction of sp³-hybridized carbons (Fsp3) is 1.00. The molecule has 1 fully saturated rings. The van der Waals surface area contributed by atoms with Crippen LogP contribution in [-0.4, -0.2) is 38.2 Å². The maximum absolute atomic E-state index is 3.38. The normalized spacial score (nSPS) is 21.9. The molecule has 0 aliphatic carbocycles. The zero-order valence-electron chi connectivity index (χ0n) is 6.85. The molecule has 0 aromatic heterocycles. The standard InChI is InChI=1S/C7H17N3/c1-10(2)9-7-3-5-8-6-4-7/h7-9H,3-6H2,1-2H3. The van der Waals surface area contributed by atoms with E-state index in [4.69, 9.17) is 0 Å². The van der Waals surface area contributed by atoms with Crippen molar-refractivity contribution >= 4 is 0 Å². The lowest BCUT2D eigenvalue weighted by Gasteiger charge is -2.26. The Hall–Kier alpha value is -0.120. The molecule has 0 amide bonds. The number of nitrogens with zero attached hydrogens (tertiary/aromatic N) is 1. The molecule has 60 valence electrons. The monoisotopic (exact) mass is 143 g/mol. The summed E-state index contributed by atoms with van der Waals surface area (Å²) in [5.74, 6) is 0. The first-order valence-corrected chi connectivity index (χ1v) is 3.93. The van der Waals surface area contributed by atoms with Crippen LogP contribution < -0.4 is 10.7 Å². The van der Waals surface area contributed by atoms with E-state index in [1.54, 1.807) is 0 Å². The fourth-order valence-electron chi connectivity index (χ4n) is 1.32. The number of rotatable bonds is 2. The molecule has 2 N–H and O–H groups in total. The molecule has 0 saturated carbocycles. The minimum absolute atomic E-state index is 0.691. The zero-order chi connectivity index (χ0) is 7.40. The predicted molar refractivity (Wildman–Crippen MR) is 42.7 cm³/mol. The molecular formula is C7H17N3. The molecule has 1 heterocycles. The number of hydrogen-bond donors (Lipinski definition) is 2. The number of piperidine rings is 1. The fourth-order valence-corrected chi connectivity index (χ4v) is 1.32. The Morgan fingerprint density at radius 3 is 2.40 bits per heavy atom. The van der Waals surface area contributed by atoms with Crippen LogP contribution in [-0.2, 0) is 0 Å². The van der Waals surface area contributed by atoms with Crippen molar-refractivity contribution in [3.05, 3.63) is 0 Å². The second kappa shape index (κ2) is 3.91. The summed E-state index contributed by atoms with van der Waals surface area (Å²) in [5.41, 5.74) is 3.38. The lowest BCUT2D eigenvalue weighted by atomic mass is 10.1.